The van der Waals surface area contributed by atoms with Crippen molar-refractivity contribution in [2.75, 3.05) is 44.3 Å². The lowest BCUT2D eigenvalue weighted by molar-refractivity contribution is 0.0303. The van der Waals surface area contributed by atoms with E-state index in [1.54, 1.807) is 6.20 Å². The Balaban J connectivity index is 1.50. The van der Waals surface area contributed by atoms with Gasteiger partial charge in [-0.1, -0.05) is 0 Å². The number of hydrogen-bond acceptors (Lipinski definition) is 5. The largest absolute Gasteiger partial charge is 0.378 e. The Morgan fingerprint density at radius 2 is 2.04 bits per heavy atom. The van der Waals surface area contributed by atoms with E-state index in [0.717, 1.165) is 37.6 Å². The molecule has 4 heterocycles. The van der Waals surface area contributed by atoms with E-state index in [9.17, 15) is 4.79 Å². The molecular formula is C19H25N5O2. The minimum atomic E-state index is 0.0645. The molecule has 0 N–H and O–H groups in total. The maximum absolute atomic E-state index is 12.7. The number of carbonyl (C=O) groups excluding carboxylic acids is 1. The van der Waals surface area contributed by atoms with Crippen LogP contribution in [0.2, 0.25) is 0 Å². The zero-order valence-corrected chi connectivity index (χ0v) is 15.2. The number of ether oxygens (including phenoxy) is 1. The summed E-state index contributed by atoms with van der Waals surface area (Å²) in [7, 11) is 2.04. The van der Waals surface area contributed by atoms with Crippen LogP contribution < -0.4 is 4.90 Å². The standard InChI is InChI=1S/C19H25N5O2/c1-22-8-6-21-18(22)16-3-2-7-24(14-16)17-13-15(4-5-20-17)19(25)23-9-11-26-12-10-23/h4-6,8,13,16H,2-3,7,9-12,14H2,1H3/t16-/m0/s1. The number of aryl methyl sites for hydroxylation is 1. The molecule has 0 saturated carbocycles. The zero-order valence-electron chi connectivity index (χ0n) is 15.2. The molecule has 1 atom stereocenters. The number of morpholine rings is 1. The summed E-state index contributed by atoms with van der Waals surface area (Å²) in [5, 5.41) is 0. The van der Waals surface area contributed by atoms with Crippen molar-refractivity contribution < 1.29 is 9.53 Å². The average Bonchev–Trinajstić information content (AvgIpc) is 3.14. The monoisotopic (exact) mass is 355 g/mol. The van der Waals surface area contributed by atoms with Crippen molar-refractivity contribution in [2.24, 2.45) is 7.05 Å². The molecule has 0 unspecified atom stereocenters. The SMILES string of the molecule is Cn1ccnc1[C@H]1CCCN(c2cc(C(=O)N3CCOCC3)ccn2)C1. The van der Waals surface area contributed by atoms with Crippen molar-refractivity contribution in [3.8, 4) is 0 Å². The first-order valence-corrected chi connectivity index (χ1v) is 9.27. The van der Waals surface area contributed by atoms with Gasteiger partial charge in [-0.15, -0.1) is 0 Å². The number of anilines is 1. The Morgan fingerprint density at radius 1 is 1.19 bits per heavy atom. The van der Waals surface area contributed by atoms with Crippen LogP contribution in [0.15, 0.2) is 30.7 Å². The Kier molecular flexibility index (Phi) is 4.88. The molecule has 0 bridgehead atoms. The van der Waals surface area contributed by atoms with Crippen molar-refractivity contribution in [3.05, 3.63) is 42.1 Å². The molecule has 2 saturated heterocycles. The van der Waals surface area contributed by atoms with Crippen LogP contribution in [0.4, 0.5) is 5.82 Å². The second-order valence-corrected chi connectivity index (χ2v) is 6.99. The second-order valence-electron chi connectivity index (χ2n) is 6.99. The molecule has 2 aliphatic rings. The van der Waals surface area contributed by atoms with Gasteiger partial charge in [-0.3, -0.25) is 4.79 Å². The van der Waals surface area contributed by atoms with Crippen LogP contribution in [0.5, 0.6) is 0 Å². The summed E-state index contributed by atoms with van der Waals surface area (Å²) in [4.78, 5) is 25.9. The first-order valence-electron chi connectivity index (χ1n) is 9.27. The number of imidazole rings is 1. The van der Waals surface area contributed by atoms with Gasteiger partial charge in [0.15, 0.2) is 0 Å². The maximum Gasteiger partial charge on any atom is 0.254 e. The van der Waals surface area contributed by atoms with Gasteiger partial charge in [-0.2, -0.15) is 0 Å². The summed E-state index contributed by atoms with van der Waals surface area (Å²) in [5.74, 6) is 2.46. The number of piperidine rings is 1. The van der Waals surface area contributed by atoms with E-state index in [4.69, 9.17) is 4.74 Å². The molecule has 0 aliphatic carbocycles. The summed E-state index contributed by atoms with van der Waals surface area (Å²) in [6, 6.07) is 3.74. The highest BCUT2D eigenvalue weighted by Gasteiger charge is 2.26. The molecular weight excluding hydrogens is 330 g/mol. The molecule has 7 heteroatoms. The summed E-state index contributed by atoms with van der Waals surface area (Å²) in [5.41, 5.74) is 0.705. The van der Waals surface area contributed by atoms with Gasteiger partial charge in [-0.25, -0.2) is 9.97 Å². The third-order valence-electron chi connectivity index (χ3n) is 5.26. The Labute approximate surface area is 153 Å². The van der Waals surface area contributed by atoms with Crippen LogP contribution >= 0.6 is 0 Å². The zero-order chi connectivity index (χ0) is 17.9. The Bertz CT molecular complexity index is 769. The number of pyridine rings is 1. The van der Waals surface area contributed by atoms with Gasteiger partial charge in [0.1, 0.15) is 11.6 Å². The molecule has 138 valence electrons. The fourth-order valence-corrected chi connectivity index (χ4v) is 3.84. The fourth-order valence-electron chi connectivity index (χ4n) is 3.84. The van der Waals surface area contributed by atoms with Crippen LogP contribution in [0.3, 0.4) is 0 Å². The van der Waals surface area contributed by atoms with Gasteiger partial charge in [-0.05, 0) is 25.0 Å². The molecule has 26 heavy (non-hydrogen) atoms. The van der Waals surface area contributed by atoms with Crippen LogP contribution in [-0.2, 0) is 11.8 Å². The molecule has 2 fully saturated rings. The molecule has 0 spiro atoms. The molecule has 4 rings (SSSR count). The van der Waals surface area contributed by atoms with Crippen molar-refractivity contribution in [1.29, 1.82) is 0 Å². The number of carbonyl (C=O) groups is 1. The van der Waals surface area contributed by atoms with E-state index in [1.807, 2.05) is 36.5 Å². The van der Waals surface area contributed by atoms with E-state index in [0.29, 0.717) is 37.8 Å². The molecule has 1 amide bonds. The molecule has 0 radical (unpaired) electrons. The van der Waals surface area contributed by atoms with Crippen LogP contribution in [0.1, 0.15) is 34.9 Å². The van der Waals surface area contributed by atoms with Gasteiger partial charge in [0, 0.05) is 63.3 Å². The minimum Gasteiger partial charge on any atom is -0.378 e. The number of amides is 1. The second kappa shape index (κ2) is 7.45. The van der Waals surface area contributed by atoms with Crippen molar-refractivity contribution >= 4 is 11.7 Å². The fraction of sp³-hybridized carbons (Fsp3) is 0.526. The summed E-state index contributed by atoms with van der Waals surface area (Å²) in [6.07, 6.45) is 7.82. The molecule has 2 aromatic heterocycles. The summed E-state index contributed by atoms with van der Waals surface area (Å²) in [6.45, 7) is 4.38. The first-order chi connectivity index (χ1) is 12.7. The quantitative estimate of drug-likeness (QED) is 0.838. The third kappa shape index (κ3) is 3.44. The highest BCUT2D eigenvalue weighted by Crippen LogP contribution is 2.28. The lowest BCUT2D eigenvalue weighted by Gasteiger charge is -2.33. The topological polar surface area (TPSA) is 63.5 Å². The summed E-state index contributed by atoms with van der Waals surface area (Å²) < 4.78 is 7.44. The maximum atomic E-state index is 12.7. The van der Waals surface area contributed by atoms with Crippen molar-refractivity contribution in [3.63, 3.8) is 0 Å². The summed E-state index contributed by atoms with van der Waals surface area (Å²) >= 11 is 0. The van der Waals surface area contributed by atoms with E-state index in [2.05, 4.69) is 19.4 Å². The molecule has 2 aliphatic heterocycles. The van der Waals surface area contributed by atoms with E-state index < -0.39 is 0 Å². The number of aromatic nitrogens is 3. The van der Waals surface area contributed by atoms with Gasteiger partial charge in [0.2, 0.25) is 0 Å². The van der Waals surface area contributed by atoms with E-state index in [1.165, 1.54) is 0 Å². The molecule has 0 aromatic carbocycles. The van der Waals surface area contributed by atoms with E-state index >= 15 is 0 Å². The van der Waals surface area contributed by atoms with Gasteiger partial charge < -0.3 is 19.1 Å². The van der Waals surface area contributed by atoms with Gasteiger partial charge in [0.25, 0.3) is 5.91 Å². The number of rotatable bonds is 3. The average molecular weight is 355 g/mol. The highest BCUT2D eigenvalue weighted by atomic mass is 16.5. The third-order valence-corrected chi connectivity index (χ3v) is 5.26. The minimum absolute atomic E-state index is 0.0645. The predicted octanol–water partition coefficient (Wildman–Crippen LogP) is 1.67. The lowest BCUT2D eigenvalue weighted by Crippen LogP contribution is -2.41. The Morgan fingerprint density at radius 3 is 2.81 bits per heavy atom. The van der Waals surface area contributed by atoms with Crippen molar-refractivity contribution in [2.45, 2.75) is 18.8 Å². The molecule has 7 nitrogen and oxygen atoms in total. The normalized spacial score (nSPS) is 21.0. The Hall–Kier alpha value is -2.41. The van der Waals surface area contributed by atoms with Crippen LogP contribution in [0.25, 0.3) is 0 Å². The highest BCUT2D eigenvalue weighted by molar-refractivity contribution is 5.94. The lowest BCUT2D eigenvalue weighted by atomic mass is 9.97. The molecule has 2 aromatic rings. The number of nitrogens with zero attached hydrogens (tertiary/aromatic N) is 5. The van der Waals surface area contributed by atoms with Gasteiger partial charge >= 0.3 is 0 Å². The number of hydrogen-bond donors (Lipinski definition) is 0. The first kappa shape index (κ1) is 17.0. The van der Waals surface area contributed by atoms with Crippen LogP contribution in [0, 0.1) is 0 Å². The van der Waals surface area contributed by atoms with Gasteiger partial charge in [0.05, 0.1) is 13.2 Å². The van der Waals surface area contributed by atoms with E-state index in [-0.39, 0.29) is 5.91 Å². The van der Waals surface area contributed by atoms with Crippen molar-refractivity contribution in [1.82, 2.24) is 19.4 Å². The predicted molar refractivity (Wildman–Crippen MR) is 98.4 cm³/mol. The smallest absolute Gasteiger partial charge is 0.254 e. The van der Waals surface area contributed by atoms with Crippen LogP contribution in [-0.4, -0.2) is 64.7 Å².